The Hall–Kier alpha value is -0.440. The maximum absolute atomic E-state index is 12.3. The molecule has 1 rings (SSSR count). The van der Waals surface area contributed by atoms with Gasteiger partial charge in [-0.2, -0.15) is 4.72 Å². The number of hydrogen-bond acceptors (Lipinski definition) is 3. The first kappa shape index (κ1) is 18.6. The molecule has 1 unspecified atom stereocenters. The molecule has 0 radical (unpaired) electrons. The Kier molecular flexibility index (Phi) is 5.99. The summed E-state index contributed by atoms with van der Waals surface area (Å²) in [5, 5.41) is 2.73. The summed E-state index contributed by atoms with van der Waals surface area (Å²) >= 11 is 6.43. The maximum Gasteiger partial charge on any atom is 0.242 e. The van der Waals surface area contributed by atoms with E-state index >= 15 is 0 Å². The summed E-state index contributed by atoms with van der Waals surface area (Å²) in [5.41, 5.74) is -0.423. The first-order valence-electron chi connectivity index (χ1n) is 6.22. The number of amides is 1. The summed E-state index contributed by atoms with van der Waals surface area (Å²) in [7, 11) is -3.80. The van der Waals surface area contributed by atoms with Gasteiger partial charge in [0.15, 0.2) is 0 Å². The van der Waals surface area contributed by atoms with E-state index in [1.165, 1.54) is 13.0 Å². The molecule has 21 heavy (non-hydrogen) atoms. The molecule has 0 bridgehead atoms. The molecule has 1 atom stereocenters. The Labute approximate surface area is 142 Å². The van der Waals surface area contributed by atoms with Gasteiger partial charge in [0.05, 0.1) is 10.9 Å². The minimum Gasteiger partial charge on any atom is -0.350 e. The lowest BCUT2D eigenvalue weighted by molar-refractivity contribution is -0.123. The zero-order valence-corrected chi connectivity index (χ0v) is 16.2. The van der Waals surface area contributed by atoms with Crippen LogP contribution in [0.1, 0.15) is 27.7 Å². The fraction of sp³-hybridized carbons (Fsp3) is 0.462. The number of rotatable bonds is 4. The van der Waals surface area contributed by atoms with Gasteiger partial charge in [-0.05, 0) is 61.8 Å². The number of benzene rings is 1. The van der Waals surface area contributed by atoms with Gasteiger partial charge in [-0.25, -0.2) is 8.42 Å². The van der Waals surface area contributed by atoms with Crippen molar-refractivity contribution in [2.24, 2.45) is 0 Å². The van der Waals surface area contributed by atoms with Crippen LogP contribution in [0, 0.1) is 0 Å². The van der Waals surface area contributed by atoms with Crippen LogP contribution in [0.5, 0.6) is 0 Å². The summed E-state index contributed by atoms with van der Waals surface area (Å²) < 4.78 is 28.1. The quantitative estimate of drug-likeness (QED) is 0.754. The summed E-state index contributed by atoms with van der Waals surface area (Å²) in [5.74, 6) is -0.378. The smallest absolute Gasteiger partial charge is 0.242 e. The Morgan fingerprint density at radius 3 is 2.33 bits per heavy atom. The molecule has 118 valence electrons. The maximum atomic E-state index is 12.3. The van der Waals surface area contributed by atoms with Crippen LogP contribution in [0.25, 0.3) is 0 Å². The number of carbonyl (C=O) groups is 1. The predicted octanol–water partition coefficient (Wildman–Crippen LogP) is 2.79. The van der Waals surface area contributed by atoms with Gasteiger partial charge in [-0.3, -0.25) is 4.79 Å². The SMILES string of the molecule is CC(NS(=O)(=O)c1cc(Br)ccc1Br)C(=O)NC(C)(C)C. The summed E-state index contributed by atoms with van der Waals surface area (Å²) in [6, 6.07) is 3.94. The zero-order valence-electron chi connectivity index (χ0n) is 12.2. The number of nitrogens with one attached hydrogen (secondary N) is 2. The summed E-state index contributed by atoms with van der Waals surface area (Å²) in [4.78, 5) is 12.0. The van der Waals surface area contributed by atoms with E-state index in [0.29, 0.717) is 8.95 Å². The largest absolute Gasteiger partial charge is 0.350 e. The number of sulfonamides is 1. The normalized spacial score (nSPS) is 13.8. The van der Waals surface area contributed by atoms with Crippen LogP contribution in [-0.4, -0.2) is 25.9 Å². The second-order valence-corrected chi connectivity index (χ2v) is 9.11. The van der Waals surface area contributed by atoms with Gasteiger partial charge >= 0.3 is 0 Å². The highest BCUT2D eigenvalue weighted by molar-refractivity contribution is 9.11. The van der Waals surface area contributed by atoms with Crippen LogP contribution >= 0.6 is 31.9 Å². The van der Waals surface area contributed by atoms with E-state index in [2.05, 4.69) is 41.9 Å². The molecule has 1 amide bonds. The van der Waals surface area contributed by atoms with Crippen molar-refractivity contribution < 1.29 is 13.2 Å². The van der Waals surface area contributed by atoms with Crippen LogP contribution in [0.4, 0.5) is 0 Å². The van der Waals surface area contributed by atoms with Gasteiger partial charge in [-0.1, -0.05) is 15.9 Å². The second kappa shape index (κ2) is 6.76. The lowest BCUT2D eigenvalue weighted by atomic mass is 10.1. The van der Waals surface area contributed by atoms with Crippen molar-refractivity contribution in [3.05, 3.63) is 27.1 Å². The van der Waals surface area contributed by atoms with Gasteiger partial charge in [0.25, 0.3) is 0 Å². The lowest BCUT2D eigenvalue weighted by Gasteiger charge is -2.23. The van der Waals surface area contributed by atoms with Crippen molar-refractivity contribution >= 4 is 47.8 Å². The van der Waals surface area contributed by atoms with Crippen LogP contribution in [0.15, 0.2) is 32.0 Å². The Morgan fingerprint density at radius 1 is 1.24 bits per heavy atom. The molecular weight excluding hydrogens is 424 g/mol. The minimum absolute atomic E-state index is 0.0762. The fourth-order valence-corrected chi connectivity index (χ4v) is 4.22. The molecule has 0 aromatic heterocycles. The van der Waals surface area contributed by atoms with Crippen LogP contribution < -0.4 is 10.0 Å². The van der Waals surface area contributed by atoms with Gasteiger partial charge in [0.1, 0.15) is 0 Å². The fourth-order valence-electron chi connectivity index (χ4n) is 1.51. The van der Waals surface area contributed by atoms with Crippen molar-refractivity contribution in [2.75, 3.05) is 0 Å². The van der Waals surface area contributed by atoms with E-state index in [4.69, 9.17) is 0 Å². The molecule has 0 heterocycles. The molecule has 0 aliphatic carbocycles. The highest BCUT2D eigenvalue weighted by Crippen LogP contribution is 2.25. The third kappa shape index (κ3) is 5.69. The van der Waals surface area contributed by atoms with E-state index in [1.807, 2.05) is 20.8 Å². The van der Waals surface area contributed by atoms with Crippen LogP contribution in [0.2, 0.25) is 0 Å². The van der Waals surface area contributed by atoms with Gasteiger partial charge in [0.2, 0.25) is 15.9 Å². The summed E-state index contributed by atoms with van der Waals surface area (Å²) in [6.45, 7) is 7.00. The average molecular weight is 442 g/mol. The number of hydrogen-bond donors (Lipinski definition) is 2. The molecule has 0 aliphatic rings. The van der Waals surface area contributed by atoms with Gasteiger partial charge in [-0.15, -0.1) is 0 Å². The third-order valence-electron chi connectivity index (χ3n) is 2.41. The second-order valence-electron chi connectivity index (χ2n) is 5.66. The molecule has 8 heteroatoms. The molecule has 1 aromatic carbocycles. The predicted molar refractivity (Wildman–Crippen MR) is 89.5 cm³/mol. The minimum atomic E-state index is -3.80. The molecule has 0 fully saturated rings. The molecule has 1 aromatic rings. The van der Waals surface area contributed by atoms with Crippen molar-refractivity contribution in [3.8, 4) is 0 Å². The first-order chi connectivity index (χ1) is 9.42. The van der Waals surface area contributed by atoms with Gasteiger partial charge in [0, 0.05) is 14.5 Å². The Morgan fingerprint density at radius 2 is 1.81 bits per heavy atom. The molecule has 0 saturated carbocycles. The molecule has 2 N–H and O–H groups in total. The zero-order chi connectivity index (χ0) is 16.4. The first-order valence-corrected chi connectivity index (χ1v) is 9.29. The van der Waals surface area contributed by atoms with E-state index in [1.54, 1.807) is 12.1 Å². The van der Waals surface area contributed by atoms with E-state index < -0.39 is 21.6 Å². The van der Waals surface area contributed by atoms with Crippen molar-refractivity contribution in [1.29, 1.82) is 0 Å². The van der Waals surface area contributed by atoms with Crippen molar-refractivity contribution in [1.82, 2.24) is 10.0 Å². The Balaban J connectivity index is 2.95. The summed E-state index contributed by atoms with van der Waals surface area (Å²) in [6.07, 6.45) is 0. The van der Waals surface area contributed by atoms with Gasteiger partial charge < -0.3 is 5.32 Å². The topological polar surface area (TPSA) is 75.3 Å². The molecule has 0 spiro atoms. The number of carbonyl (C=O) groups excluding carboxylic acids is 1. The van der Waals surface area contributed by atoms with E-state index in [-0.39, 0.29) is 10.8 Å². The number of halogens is 2. The van der Waals surface area contributed by atoms with E-state index in [0.717, 1.165) is 0 Å². The van der Waals surface area contributed by atoms with Crippen molar-refractivity contribution in [3.63, 3.8) is 0 Å². The molecule has 0 saturated heterocycles. The molecule has 0 aliphatic heterocycles. The highest BCUT2D eigenvalue weighted by Gasteiger charge is 2.26. The monoisotopic (exact) mass is 440 g/mol. The average Bonchev–Trinajstić information content (AvgIpc) is 2.29. The van der Waals surface area contributed by atoms with Crippen LogP contribution in [-0.2, 0) is 14.8 Å². The van der Waals surface area contributed by atoms with Crippen LogP contribution in [0.3, 0.4) is 0 Å². The molecular formula is C13H18Br2N2O3S. The highest BCUT2D eigenvalue weighted by atomic mass is 79.9. The third-order valence-corrected chi connectivity index (χ3v) is 5.43. The Bertz CT molecular complexity index is 639. The van der Waals surface area contributed by atoms with Crippen molar-refractivity contribution in [2.45, 2.75) is 44.2 Å². The standard InChI is InChI=1S/C13H18Br2N2O3S/c1-8(12(18)16-13(2,3)4)17-21(19,20)11-7-9(14)5-6-10(11)15/h5-8,17H,1-4H3,(H,16,18). The lowest BCUT2D eigenvalue weighted by Crippen LogP contribution is -2.50. The van der Waals surface area contributed by atoms with E-state index in [9.17, 15) is 13.2 Å². The molecule has 5 nitrogen and oxygen atoms in total.